The number of hydrogen-bond donors (Lipinski definition) is 3. The Bertz CT molecular complexity index is 1060. The summed E-state index contributed by atoms with van der Waals surface area (Å²) in [4.78, 5) is 30.8. The normalized spacial score (nSPS) is 19.3. The van der Waals surface area contributed by atoms with Gasteiger partial charge in [0.15, 0.2) is 0 Å². The highest BCUT2D eigenvalue weighted by atomic mass is 16.5. The van der Waals surface area contributed by atoms with Crippen LogP contribution >= 0.6 is 0 Å². The molecule has 3 aliphatic rings. The predicted octanol–water partition coefficient (Wildman–Crippen LogP) is 3.85. The van der Waals surface area contributed by atoms with Gasteiger partial charge in [-0.05, 0) is 73.5 Å². The second kappa shape index (κ2) is 10.9. The first-order valence-corrected chi connectivity index (χ1v) is 13.1. The van der Waals surface area contributed by atoms with Crippen LogP contribution in [-0.4, -0.2) is 59.3 Å². The average Bonchev–Trinajstić information content (AvgIpc) is 2.84. The van der Waals surface area contributed by atoms with E-state index < -0.39 is 18.1 Å². The summed E-state index contributed by atoms with van der Waals surface area (Å²) < 4.78 is 5.17. The van der Waals surface area contributed by atoms with E-state index in [9.17, 15) is 14.7 Å². The van der Waals surface area contributed by atoms with Gasteiger partial charge in [-0.15, -0.1) is 0 Å². The van der Waals surface area contributed by atoms with E-state index >= 15 is 0 Å². The molecule has 1 aliphatic carbocycles. The highest BCUT2D eigenvalue weighted by Crippen LogP contribution is 2.53. The van der Waals surface area contributed by atoms with Gasteiger partial charge in [-0.3, -0.25) is 0 Å². The summed E-state index contributed by atoms with van der Waals surface area (Å²) in [5.74, 6) is 0.805. The van der Waals surface area contributed by atoms with Crippen molar-refractivity contribution in [1.29, 1.82) is 0 Å². The third kappa shape index (κ3) is 5.98. The molecule has 1 spiro atoms. The first-order valence-electron chi connectivity index (χ1n) is 13.1. The van der Waals surface area contributed by atoms with Crippen LogP contribution < -0.4 is 10.6 Å². The Kier molecular flexibility index (Phi) is 7.41. The van der Waals surface area contributed by atoms with Crippen molar-refractivity contribution in [2.24, 2.45) is 11.3 Å². The molecule has 1 unspecified atom stereocenters. The van der Waals surface area contributed by atoms with Crippen LogP contribution in [-0.2, 0) is 29.0 Å². The number of aryl methyl sites for hydroxylation is 2. The first kappa shape index (κ1) is 24.6. The topological polar surface area (TPSA) is 104 Å². The second-order valence-corrected chi connectivity index (χ2v) is 10.7. The van der Waals surface area contributed by atoms with Crippen molar-refractivity contribution in [2.75, 3.05) is 31.5 Å². The molecule has 1 saturated heterocycles. The van der Waals surface area contributed by atoms with Gasteiger partial charge in [-0.25, -0.2) is 14.6 Å². The van der Waals surface area contributed by atoms with Crippen LogP contribution in [0.2, 0.25) is 0 Å². The van der Waals surface area contributed by atoms with E-state index in [4.69, 9.17) is 9.72 Å². The standard InChI is InChI=1S/C28H36N4O4/c33-26(34)24(31-27(35)36-17-20-5-2-1-3-6-20)12-14-32-18-28(19-32)15-21(16-28)8-10-23-11-9-22-7-4-13-29-25(22)30-23/h1-3,5-6,9,11,21,24H,4,7-8,10,12-19H2,(H,29,30)(H,31,35)(H,33,34). The number of nitrogens with one attached hydrogen (secondary N) is 2. The number of carbonyl (C=O) groups excluding carboxylic acids is 1. The number of hydrogen-bond acceptors (Lipinski definition) is 6. The zero-order chi connectivity index (χ0) is 25.0. The van der Waals surface area contributed by atoms with E-state index in [0.717, 1.165) is 49.8 Å². The molecule has 1 amide bonds. The molecule has 1 aromatic heterocycles. The molecule has 0 radical (unpaired) electrons. The Morgan fingerprint density at radius 2 is 2.00 bits per heavy atom. The van der Waals surface area contributed by atoms with Gasteiger partial charge >= 0.3 is 12.1 Å². The molecule has 3 heterocycles. The third-order valence-electron chi connectivity index (χ3n) is 7.86. The fourth-order valence-electron chi connectivity index (χ4n) is 6.02. The van der Waals surface area contributed by atoms with E-state index in [0.29, 0.717) is 18.4 Å². The highest BCUT2D eigenvalue weighted by Gasteiger charge is 2.51. The molecular formula is C28H36N4O4. The number of carbonyl (C=O) groups is 2. The first-order chi connectivity index (χ1) is 17.5. The summed E-state index contributed by atoms with van der Waals surface area (Å²) in [5, 5.41) is 15.4. The van der Waals surface area contributed by atoms with E-state index in [-0.39, 0.29) is 6.61 Å². The number of likely N-dealkylation sites (tertiary alicyclic amines) is 1. The molecule has 3 N–H and O–H groups in total. The lowest BCUT2D eigenvalue weighted by Gasteiger charge is -2.59. The van der Waals surface area contributed by atoms with Crippen LogP contribution in [0.4, 0.5) is 10.6 Å². The minimum atomic E-state index is -1.03. The molecule has 2 aliphatic heterocycles. The Hall–Kier alpha value is -3.13. The van der Waals surface area contributed by atoms with Crippen LogP contribution in [0, 0.1) is 11.3 Å². The fraction of sp³-hybridized carbons (Fsp3) is 0.536. The lowest BCUT2D eigenvalue weighted by Crippen LogP contribution is -2.62. The summed E-state index contributed by atoms with van der Waals surface area (Å²) in [6.07, 6.45) is 6.70. The Labute approximate surface area is 212 Å². The quantitative estimate of drug-likeness (QED) is 0.463. The summed E-state index contributed by atoms with van der Waals surface area (Å²) >= 11 is 0. The van der Waals surface area contributed by atoms with Crippen molar-refractivity contribution in [3.63, 3.8) is 0 Å². The zero-order valence-corrected chi connectivity index (χ0v) is 20.7. The minimum absolute atomic E-state index is 0.119. The van der Waals surface area contributed by atoms with E-state index in [1.165, 1.54) is 36.9 Å². The molecule has 2 aromatic rings. The summed E-state index contributed by atoms with van der Waals surface area (Å²) in [6.45, 7) is 3.85. The number of ether oxygens (including phenoxy) is 1. The van der Waals surface area contributed by atoms with Gasteiger partial charge in [-0.2, -0.15) is 0 Å². The van der Waals surface area contributed by atoms with Crippen LogP contribution in [0.25, 0.3) is 0 Å². The minimum Gasteiger partial charge on any atom is -0.480 e. The number of carboxylic acids is 1. The van der Waals surface area contributed by atoms with E-state index in [1.807, 2.05) is 30.3 Å². The van der Waals surface area contributed by atoms with Gasteiger partial charge in [0, 0.05) is 31.9 Å². The summed E-state index contributed by atoms with van der Waals surface area (Å²) in [7, 11) is 0. The van der Waals surface area contributed by atoms with Crippen molar-refractivity contribution in [2.45, 2.75) is 57.6 Å². The van der Waals surface area contributed by atoms with Crippen LogP contribution in [0.1, 0.15) is 48.9 Å². The number of alkyl carbamates (subject to hydrolysis) is 1. The van der Waals surface area contributed by atoms with Crippen molar-refractivity contribution in [1.82, 2.24) is 15.2 Å². The number of aromatic nitrogens is 1. The molecule has 1 aromatic carbocycles. The second-order valence-electron chi connectivity index (χ2n) is 10.7. The number of rotatable bonds is 10. The average molecular weight is 493 g/mol. The Morgan fingerprint density at radius 1 is 1.19 bits per heavy atom. The molecule has 0 bridgehead atoms. The van der Waals surface area contributed by atoms with E-state index in [2.05, 4.69) is 27.7 Å². The molecular weight excluding hydrogens is 456 g/mol. The number of carboxylic acid groups (broad SMARTS) is 1. The smallest absolute Gasteiger partial charge is 0.408 e. The maximum absolute atomic E-state index is 12.1. The van der Waals surface area contributed by atoms with Crippen molar-refractivity contribution in [3.8, 4) is 0 Å². The highest BCUT2D eigenvalue weighted by molar-refractivity contribution is 5.79. The molecule has 1 atom stereocenters. The summed E-state index contributed by atoms with van der Waals surface area (Å²) in [5.41, 5.74) is 3.80. The maximum Gasteiger partial charge on any atom is 0.408 e. The van der Waals surface area contributed by atoms with Gasteiger partial charge in [0.05, 0.1) is 0 Å². The molecule has 8 nitrogen and oxygen atoms in total. The lowest BCUT2D eigenvalue weighted by atomic mass is 9.56. The van der Waals surface area contributed by atoms with Crippen molar-refractivity contribution < 1.29 is 19.4 Å². The van der Waals surface area contributed by atoms with Crippen LogP contribution in [0.3, 0.4) is 0 Å². The van der Waals surface area contributed by atoms with Gasteiger partial charge in [0.25, 0.3) is 0 Å². The molecule has 5 rings (SSSR count). The largest absolute Gasteiger partial charge is 0.480 e. The molecule has 2 fully saturated rings. The number of fused-ring (bicyclic) bond motifs is 1. The molecule has 36 heavy (non-hydrogen) atoms. The maximum atomic E-state index is 12.1. The van der Waals surface area contributed by atoms with Crippen LogP contribution in [0.15, 0.2) is 42.5 Å². The number of aliphatic carboxylic acids is 1. The number of anilines is 1. The van der Waals surface area contributed by atoms with Gasteiger partial charge in [-0.1, -0.05) is 36.4 Å². The zero-order valence-electron chi connectivity index (χ0n) is 20.7. The number of pyridine rings is 1. The molecule has 8 heteroatoms. The van der Waals surface area contributed by atoms with Crippen LogP contribution in [0.5, 0.6) is 0 Å². The van der Waals surface area contributed by atoms with E-state index in [1.54, 1.807) is 0 Å². The molecule has 192 valence electrons. The van der Waals surface area contributed by atoms with Gasteiger partial charge in [0.1, 0.15) is 18.5 Å². The molecule has 1 saturated carbocycles. The number of amides is 1. The number of benzene rings is 1. The Morgan fingerprint density at radius 3 is 2.78 bits per heavy atom. The number of nitrogens with zero attached hydrogens (tertiary/aromatic N) is 2. The fourth-order valence-corrected chi connectivity index (χ4v) is 6.02. The van der Waals surface area contributed by atoms with Crippen molar-refractivity contribution >= 4 is 17.9 Å². The third-order valence-corrected chi connectivity index (χ3v) is 7.86. The monoisotopic (exact) mass is 492 g/mol. The van der Waals surface area contributed by atoms with Crippen molar-refractivity contribution in [3.05, 3.63) is 59.3 Å². The Balaban J connectivity index is 0.981. The van der Waals surface area contributed by atoms with Gasteiger partial charge < -0.3 is 25.4 Å². The lowest BCUT2D eigenvalue weighted by molar-refractivity contribution is -0.140. The summed E-state index contributed by atoms with van der Waals surface area (Å²) in [6, 6.07) is 12.8. The predicted molar refractivity (Wildman–Crippen MR) is 137 cm³/mol. The SMILES string of the molecule is O=C(NC(CCN1CC2(CC(CCc3ccc4c(n3)NCCC4)C2)C1)C(=O)O)OCc1ccccc1. The van der Waals surface area contributed by atoms with Gasteiger partial charge in [0.2, 0.25) is 0 Å².